The van der Waals surface area contributed by atoms with Crippen LogP contribution in [0.25, 0.3) is 0 Å². The van der Waals surface area contributed by atoms with E-state index in [2.05, 4.69) is 13.8 Å². The second-order valence-corrected chi connectivity index (χ2v) is 8.55. The molecule has 162 valence electrons. The van der Waals surface area contributed by atoms with Crippen LogP contribution in [0.2, 0.25) is 0 Å². The molecule has 2 rings (SSSR count). The van der Waals surface area contributed by atoms with Crippen molar-refractivity contribution >= 4 is 0 Å². The second-order valence-electron chi connectivity index (χ2n) is 8.55. The minimum absolute atomic E-state index is 0.0249. The van der Waals surface area contributed by atoms with E-state index in [0.717, 1.165) is 25.9 Å². The van der Waals surface area contributed by atoms with Crippen molar-refractivity contribution < 1.29 is 23.0 Å². The molecule has 1 saturated heterocycles. The zero-order valence-corrected chi connectivity index (χ0v) is 18.1. The molecule has 1 aliphatic carbocycles. The van der Waals surface area contributed by atoms with Gasteiger partial charge in [0.2, 0.25) is 0 Å². The third-order valence-electron chi connectivity index (χ3n) is 6.14. The molecule has 1 fully saturated rings. The summed E-state index contributed by atoms with van der Waals surface area (Å²) in [5, 5.41) is 0. The zero-order valence-electron chi connectivity index (χ0n) is 18.1. The van der Waals surface area contributed by atoms with Gasteiger partial charge in [-0.2, -0.15) is 0 Å². The Balaban J connectivity index is 1.68. The maximum atomic E-state index is 14.3. The predicted octanol–water partition coefficient (Wildman–Crippen LogP) is 6.84. The molecule has 0 bridgehead atoms. The first-order valence-electron chi connectivity index (χ1n) is 11.0. The number of hydrogen-bond acceptors (Lipinski definition) is 3. The first kappa shape index (κ1) is 23.3. The van der Waals surface area contributed by atoms with E-state index in [9.17, 15) is 8.78 Å². The van der Waals surface area contributed by atoms with Crippen LogP contribution < -0.4 is 0 Å². The number of ether oxygens (including phenoxy) is 3. The van der Waals surface area contributed by atoms with Gasteiger partial charge >= 0.3 is 0 Å². The van der Waals surface area contributed by atoms with Crippen molar-refractivity contribution in [2.45, 2.75) is 84.8 Å². The number of halogens is 2. The van der Waals surface area contributed by atoms with Gasteiger partial charge in [-0.15, -0.1) is 0 Å². The molecule has 0 N–H and O–H groups in total. The summed E-state index contributed by atoms with van der Waals surface area (Å²) in [7, 11) is 1.39. The molecule has 0 aromatic carbocycles. The van der Waals surface area contributed by atoms with Gasteiger partial charge in [0.25, 0.3) is 0 Å². The van der Waals surface area contributed by atoms with E-state index in [-0.39, 0.29) is 18.0 Å². The van der Waals surface area contributed by atoms with Crippen molar-refractivity contribution in [3.63, 3.8) is 0 Å². The average Bonchev–Trinajstić information content (AvgIpc) is 2.71. The van der Waals surface area contributed by atoms with Crippen molar-refractivity contribution in [1.82, 2.24) is 0 Å². The van der Waals surface area contributed by atoms with Crippen LogP contribution in [0.4, 0.5) is 8.78 Å². The van der Waals surface area contributed by atoms with Crippen molar-refractivity contribution in [2.75, 3.05) is 20.3 Å². The van der Waals surface area contributed by atoms with Gasteiger partial charge < -0.3 is 14.2 Å². The Morgan fingerprint density at radius 3 is 2.54 bits per heavy atom. The molecule has 0 amide bonds. The normalized spacial score (nSPS) is 25.8. The average molecular weight is 401 g/mol. The summed E-state index contributed by atoms with van der Waals surface area (Å²) < 4.78 is 45.0. The van der Waals surface area contributed by atoms with Crippen LogP contribution in [0.5, 0.6) is 0 Å². The van der Waals surface area contributed by atoms with Crippen LogP contribution in [0.1, 0.15) is 78.6 Å². The molecule has 1 aliphatic heterocycles. The Labute approximate surface area is 169 Å². The van der Waals surface area contributed by atoms with E-state index in [0.29, 0.717) is 36.9 Å². The van der Waals surface area contributed by atoms with Crippen LogP contribution in [-0.2, 0) is 14.2 Å². The Morgan fingerprint density at radius 2 is 1.89 bits per heavy atom. The van der Waals surface area contributed by atoms with Crippen LogP contribution in [0.15, 0.2) is 23.0 Å². The molecule has 0 aromatic rings. The smallest absolute Gasteiger partial charge is 0.196 e. The van der Waals surface area contributed by atoms with Gasteiger partial charge in [0.05, 0.1) is 20.3 Å². The fraction of sp³-hybridized carbons (Fsp3) is 0.826. The van der Waals surface area contributed by atoms with Gasteiger partial charge in [-0.25, -0.2) is 8.78 Å². The largest absolute Gasteiger partial charge is 0.498 e. The topological polar surface area (TPSA) is 27.7 Å². The van der Waals surface area contributed by atoms with Gasteiger partial charge in [-0.3, -0.25) is 0 Å². The lowest BCUT2D eigenvalue weighted by Gasteiger charge is -2.30. The lowest BCUT2D eigenvalue weighted by atomic mass is 9.87. The van der Waals surface area contributed by atoms with E-state index in [1.807, 2.05) is 6.92 Å². The highest BCUT2D eigenvalue weighted by atomic mass is 19.2. The minimum Gasteiger partial charge on any atom is -0.498 e. The highest BCUT2D eigenvalue weighted by molar-refractivity contribution is 5.33. The van der Waals surface area contributed by atoms with Crippen molar-refractivity contribution in [3.05, 3.63) is 23.0 Å². The van der Waals surface area contributed by atoms with E-state index < -0.39 is 11.7 Å². The van der Waals surface area contributed by atoms with Gasteiger partial charge in [-0.05, 0) is 61.9 Å². The van der Waals surface area contributed by atoms with Gasteiger partial charge in [0.1, 0.15) is 5.76 Å². The fourth-order valence-electron chi connectivity index (χ4n) is 4.08. The first-order valence-corrected chi connectivity index (χ1v) is 11.0. The van der Waals surface area contributed by atoms with Crippen LogP contribution >= 0.6 is 0 Å². The molecule has 4 atom stereocenters. The summed E-state index contributed by atoms with van der Waals surface area (Å²) in [5.41, 5.74) is 0.583. The van der Waals surface area contributed by atoms with E-state index in [4.69, 9.17) is 14.2 Å². The second kappa shape index (κ2) is 11.9. The summed E-state index contributed by atoms with van der Waals surface area (Å²) >= 11 is 0. The molecule has 0 spiro atoms. The van der Waals surface area contributed by atoms with Crippen LogP contribution in [-0.4, -0.2) is 26.6 Å². The van der Waals surface area contributed by atoms with Gasteiger partial charge in [0, 0.05) is 6.42 Å². The van der Waals surface area contributed by atoms with Crippen LogP contribution in [0.3, 0.4) is 0 Å². The number of methoxy groups -OCH3 is 1. The Hall–Kier alpha value is -0.940. The van der Waals surface area contributed by atoms with E-state index >= 15 is 0 Å². The Bertz CT molecular complexity index is 536. The highest BCUT2D eigenvalue weighted by Crippen LogP contribution is 2.37. The number of hydrogen-bond donors (Lipinski definition) is 0. The molecule has 0 radical (unpaired) electrons. The molecule has 0 aromatic heterocycles. The molecular weight excluding hydrogens is 362 g/mol. The molecule has 5 heteroatoms. The lowest BCUT2D eigenvalue weighted by molar-refractivity contribution is -0.181. The Kier molecular flexibility index (Phi) is 9.93. The Morgan fingerprint density at radius 1 is 1.11 bits per heavy atom. The molecule has 2 aliphatic rings. The number of allylic oxidation sites excluding steroid dienone is 4. The summed E-state index contributed by atoms with van der Waals surface area (Å²) in [6, 6.07) is 0. The van der Waals surface area contributed by atoms with Gasteiger partial charge in [0.15, 0.2) is 17.9 Å². The number of rotatable bonds is 11. The molecule has 0 saturated carbocycles. The first-order chi connectivity index (χ1) is 13.5. The molecule has 28 heavy (non-hydrogen) atoms. The third-order valence-corrected chi connectivity index (χ3v) is 6.14. The number of unbranched alkanes of at least 4 members (excludes halogenated alkanes) is 1. The van der Waals surface area contributed by atoms with Crippen molar-refractivity contribution in [3.8, 4) is 0 Å². The lowest BCUT2D eigenvalue weighted by Crippen LogP contribution is -2.29. The summed E-state index contributed by atoms with van der Waals surface area (Å²) in [4.78, 5) is 0. The SMILES string of the molecule is CCCCC1CCC(OCC(C)CCC(C)C2=C(F)C(F)=C(OC)CC2)OC1. The summed E-state index contributed by atoms with van der Waals surface area (Å²) in [6.07, 6.45) is 8.57. The predicted molar refractivity (Wildman–Crippen MR) is 108 cm³/mol. The molecular formula is C23H38F2O3. The monoisotopic (exact) mass is 400 g/mol. The highest BCUT2D eigenvalue weighted by Gasteiger charge is 2.27. The fourth-order valence-corrected chi connectivity index (χ4v) is 4.08. The standard InChI is InChI=1S/C23H38F2O3/c1-5-6-7-18-10-13-21(28-15-18)27-14-16(2)8-9-17(3)19-11-12-20(26-4)23(25)22(19)24/h16-18,21H,5-15H2,1-4H3. The summed E-state index contributed by atoms with van der Waals surface area (Å²) in [6.45, 7) is 7.82. The van der Waals surface area contributed by atoms with Crippen molar-refractivity contribution in [1.29, 1.82) is 0 Å². The van der Waals surface area contributed by atoms with Crippen molar-refractivity contribution in [2.24, 2.45) is 17.8 Å². The zero-order chi connectivity index (χ0) is 20.5. The van der Waals surface area contributed by atoms with E-state index in [1.165, 1.54) is 32.8 Å². The van der Waals surface area contributed by atoms with Gasteiger partial charge in [-0.1, -0.05) is 33.6 Å². The molecule has 1 heterocycles. The van der Waals surface area contributed by atoms with Crippen LogP contribution in [0, 0.1) is 17.8 Å². The third kappa shape index (κ3) is 6.84. The maximum absolute atomic E-state index is 14.3. The van der Waals surface area contributed by atoms with E-state index in [1.54, 1.807) is 0 Å². The molecule has 3 nitrogen and oxygen atoms in total. The maximum Gasteiger partial charge on any atom is 0.196 e. The molecule has 4 unspecified atom stereocenters. The quantitative estimate of drug-likeness (QED) is 0.380. The summed E-state index contributed by atoms with van der Waals surface area (Å²) in [5.74, 6) is -0.334. The minimum atomic E-state index is -0.821.